The molecule has 3 rings (SSSR count). The third kappa shape index (κ3) is 4.20. The molecule has 0 saturated carbocycles. The summed E-state index contributed by atoms with van der Waals surface area (Å²) in [5.74, 6) is 0.203. The molecule has 0 aliphatic heterocycles. The van der Waals surface area contributed by atoms with Crippen LogP contribution in [0, 0.1) is 20.8 Å². The van der Waals surface area contributed by atoms with Crippen molar-refractivity contribution in [3.63, 3.8) is 0 Å². The maximum absolute atomic E-state index is 12.6. The van der Waals surface area contributed by atoms with Gasteiger partial charge < -0.3 is 9.73 Å². The summed E-state index contributed by atoms with van der Waals surface area (Å²) in [4.78, 5) is 12.3. The molecule has 2 N–H and O–H groups in total. The predicted octanol–water partition coefficient (Wildman–Crippen LogP) is 4.26. The SMILES string of the molecule is Cc1ccc(NS(=O)(=O)c2ccc(NC(=O)c3ccoc3C)cc2)cc1C. The van der Waals surface area contributed by atoms with Gasteiger partial charge in [0.05, 0.1) is 16.7 Å². The Morgan fingerprint density at radius 3 is 2.15 bits per heavy atom. The average Bonchev–Trinajstić information content (AvgIpc) is 3.04. The Labute approximate surface area is 158 Å². The van der Waals surface area contributed by atoms with Gasteiger partial charge in [0, 0.05) is 11.4 Å². The number of sulfonamides is 1. The van der Waals surface area contributed by atoms with Crippen LogP contribution in [0.2, 0.25) is 0 Å². The number of hydrogen-bond donors (Lipinski definition) is 2. The number of benzene rings is 2. The van der Waals surface area contributed by atoms with E-state index >= 15 is 0 Å². The van der Waals surface area contributed by atoms with Gasteiger partial charge >= 0.3 is 0 Å². The van der Waals surface area contributed by atoms with Gasteiger partial charge in [0.2, 0.25) is 0 Å². The van der Waals surface area contributed by atoms with Gasteiger partial charge in [-0.2, -0.15) is 0 Å². The van der Waals surface area contributed by atoms with Gasteiger partial charge in [-0.15, -0.1) is 0 Å². The van der Waals surface area contributed by atoms with Crippen molar-refractivity contribution in [1.29, 1.82) is 0 Å². The van der Waals surface area contributed by atoms with Crippen molar-refractivity contribution in [3.05, 3.63) is 77.2 Å². The van der Waals surface area contributed by atoms with Gasteiger partial charge in [-0.05, 0) is 74.4 Å². The van der Waals surface area contributed by atoms with E-state index in [9.17, 15) is 13.2 Å². The lowest BCUT2D eigenvalue weighted by Gasteiger charge is -2.11. The van der Waals surface area contributed by atoms with Crippen LogP contribution in [0.5, 0.6) is 0 Å². The molecule has 0 saturated heterocycles. The number of carbonyl (C=O) groups is 1. The summed E-state index contributed by atoms with van der Waals surface area (Å²) in [6.45, 7) is 5.58. The molecule has 0 unspecified atom stereocenters. The minimum absolute atomic E-state index is 0.109. The van der Waals surface area contributed by atoms with Crippen molar-refractivity contribution < 1.29 is 17.6 Å². The molecule has 0 atom stereocenters. The van der Waals surface area contributed by atoms with Gasteiger partial charge in [-0.25, -0.2) is 8.42 Å². The first kappa shape index (κ1) is 18.7. The minimum Gasteiger partial charge on any atom is -0.469 e. The maximum atomic E-state index is 12.6. The molecular weight excluding hydrogens is 364 g/mol. The van der Waals surface area contributed by atoms with E-state index in [1.807, 2.05) is 19.9 Å². The summed E-state index contributed by atoms with van der Waals surface area (Å²) in [6.07, 6.45) is 1.44. The normalized spacial score (nSPS) is 11.2. The van der Waals surface area contributed by atoms with E-state index in [4.69, 9.17) is 4.42 Å². The quantitative estimate of drug-likeness (QED) is 0.688. The molecule has 0 bridgehead atoms. The topological polar surface area (TPSA) is 88.4 Å². The van der Waals surface area contributed by atoms with Crippen LogP contribution in [0.25, 0.3) is 0 Å². The minimum atomic E-state index is -3.72. The molecule has 140 valence electrons. The lowest BCUT2D eigenvalue weighted by molar-refractivity contribution is 0.102. The number of amides is 1. The van der Waals surface area contributed by atoms with Gasteiger partial charge in [0.15, 0.2) is 0 Å². The van der Waals surface area contributed by atoms with Crippen molar-refractivity contribution in [2.75, 3.05) is 10.0 Å². The second-order valence-corrected chi connectivity index (χ2v) is 7.96. The Balaban J connectivity index is 1.74. The summed E-state index contributed by atoms with van der Waals surface area (Å²) in [7, 11) is -3.72. The number of anilines is 2. The number of furan rings is 1. The highest BCUT2D eigenvalue weighted by atomic mass is 32.2. The van der Waals surface area contributed by atoms with Gasteiger partial charge in [-0.3, -0.25) is 9.52 Å². The van der Waals surface area contributed by atoms with Gasteiger partial charge in [0.25, 0.3) is 15.9 Å². The third-order valence-electron chi connectivity index (χ3n) is 4.29. The highest BCUT2D eigenvalue weighted by Crippen LogP contribution is 2.21. The summed E-state index contributed by atoms with van der Waals surface area (Å²) < 4.78 is 32.8. The van der Waals surface area contributed by atoms with Gasteiger partial charge in [0.1, 0.15) is 5.76 Å². The molecule has 1 aromatic heterocycles. The van der Waals surface area contributed by atoms with Crippen LogP contribution in [0.1, 0.15) is 27.2 Å². The van der Waals surface area contributed by atoms with Crippen LogP contribution in [-0.4, -0.2) is 14.3 Å². The summed E-state index contributed by atoms with van der Waals surface area (Å²) in [5, 5.41) is 2.71. The second kappa shape index (κ2) is 7.28. The van der Waals surface area contributed by atoms with Crippen LogP contribution < -0.4 is 10.0 Å². The Morgan fingerprint density at radius 1 is 0.889 bits per heavy atom. The summed E-state index contributed by atoms with van der Waals surface area (Å²) >= 11 is 0. The number of aryl methyl sites for hydroxylation is 3. The fourth-order valence-corrected chi connectivity index (χ4v) is 3.60. The predicted molar refractivity (Wildman–Crippen MR) is 105 cm³/mol. The van der Waals surface area contributed by atoms with E-state index in [0.717, 1.165) is 11.1 Å². The Bertz CT molecular complexity index is 1080. The molecule has 0 radical (unpaired) electrons. The molecule has 7 heteroatoms. The Kier molecular flexibility index (Phi) is 5.05. The van der Waals surface area contributed by atoms with E-state index in [0.29, 0.717) is 22.7 Å². The number of carbonyl (C=O) groups excluding carboxylic acids is 1. The smallest absolute Gasteiger partial charge is 0.261 e. The van der Waals surface area contributed by atoms with Crippen LogP contribution in [0.3, 0.4) is 0 Å². The van der Waals surface area contributed by atoms with Crippen molar-refractivity contribution >= 4 is 27.3 Å². The summed E-state index contributed by atoms with van der Waals surface area (Å²) in [5.41, 5.74) is 3.52. The molecule has 2 aromatic carbocycles. The Hall–Kier alpha value is -3.06. The zero-order valence-corrected chi connectivity index (χ0v) is 16.1. The van der Waals surface area contributed by atoms with Gasteiger partial charge in [-0.1, -0.05) is 6.07 Å². The molecule has 0 spiro atoms. The van der Waals surface area contributed by atoms with Crippen LogP contribution in [0.15, 0.2) is 64.1 Å². The Morgan fingerprint density at radius 2 is 1.56 bits per heavy atom. The molecule has 0 aliphatic carbocycles. The molecule has 27 heavy (non-hydrogen) atoms. The van der Waals surface area contributed by atoms with Crippen LogP contribution >= 0.6 is 0 Å². The first-order valence-electron chi connectivity index (χ1n) is 8.32. The molecular formula is C20H20N2O4S. The zero-order valence-electron chi connectivity index (χ0n) is 15.2. The molecule has 0 fully saturated rings. The number of hydrogen-bond acceptors (Lipinski definition) is 4. The maximum Gasteiger partial charge on any atom is 0.261 e. The average molecular weight is 384 g/mol. The largest absolute Gasteiger partial charge is 0.469 e. The third-order valence-corrected chi connectivity index (χ3v) is 5.68. The van der Waals surface area contributed by atoms with Crippen LogP contribution in [-0.2, 0) is 10.0 Å². The van der Waals surface area contributed by atoms with E-state index < -0.39 is 10.0 Å². The van der Waals surface area contributed by atoms with Crippen LogP contribution in [0.4, 0.5) is 11.4 Å². The molecule has 1 heterocycles. The standard InChI is InChI=1S/C20H20N2O4S/c1-13-4-5-17(12-14(13)2)22-27(24,25)18-8-6-16(7-9-18)21-20(23)19-10-11-26-15(19)3/h4-12,22H,1-3H3,(H,21,23). The highest BCUT2D eigenvalue weighted by Gasteiger charge is 2.16. The van der Waals surface area contributed by atoms with Crippen molar-refractivity contribution in [2.24, 2.45) is 0 Å². The monoisotopic (exact) mass is 384 g/mol. The highest BCUT2D eigenvalue weighted by molar-refractivity contribution is 7.92. The lowest BCUT2D eigenvalue weighted by Crippen LogP contribution is -2.14. The van der Waals surface area contributed by atoms with Crippen molar-refractivity contribution in [1.82, 2.24) is 0 Å². The first-order chi connectivity index (χ1) is 12.8. The van der Waals surface area contributed by atoms with E-state index in [-0.39, 0.29) is 10.8 Å². The van der Waals surface area contributed by atoms with Crippen molar-refractivity contribution in [2.45, 2.75) is 25.7 Å². The molecule has 6 nitrogen and oxygen atoms in total. The fraction of sp³-hybridized carbons (Fsp3) is 0.150. The summed E-state index contributed by atoms with van der Waals surface area (Å²) in [6, 6.07) is 12.9. The van der Waals surface area contributed by atoms with E-state index in [1.54, 1.807) is 37.3 Å². The van der Waals surface area contributed by atoms with E-state index in [2.05, 4.69) is 10.0 Å². The van der Waals surface area contributed by atoms with E-state index in [1.165, 1.54) is 18.4 Å². The fourth-order valence-electron chi connectivity index (χ4n) is 2.56. The molecule has 1 amide bonds. The first-order valence-corrected chi connectivity index (χ1v) is 9.80. The molecule has 3 aromatic rings. The second-order valence-electron chi connectivity index (χ2n) is 6.27. The zero-order chi connectivity index (χ0) is 19.6. The number of nitrogens with one attached hydrogen (secondary N) is 2. The number of rotatable bonds is 5. The lowest BCUT2D eigenvalue weighted by atomic mass is 10.1. The van der Waals surface area contributed by atoms with Crippen molar-refractivity contribution in [3.8, 4) is 0 Å². The molecule has 0 aliphatic rings.